The highest BCUT2D eigenvalue weighted by Gasteiger charge is 2.21. The van der Waals surface area contributed by atoms with E-state index in [2.05, 4.69) is 6.07 Å². The predicted molar refractivity (Wildman–Crippen MR) is 114 cm³/mol. The van der Waals surface area contributed by atoms with Crippen LogP contribution in [0.25, 0.3) is 11.1 Å². The van der Waals surface area contributed by atoms with Gasteiger partial charge >= 0.3 is 5.97 Å². The number of carbonyl (C=O) groups is 2. The molecule has 0 amide bonds. The van der Waals surface area contributed by atoms with Crippen molar-refractivity contribution in [2.45, 2.75) is 11.3 Å². The normalized spacial score (nSPS) is 12.2. The summed E-state index contributed by atoms with van der Waals surface area (Å²) in [5.41, 5.74) is 4.80. The van der Waals surface area contributed by atoms with Crippen LogP contribution in [0.4, 0.5) is 0 Å². The molecule has 1 aliphatic carbocycles. The summed E-state index contributed by atoms with van der Waals surface area (Å²) >= 11 is 6.00. The zero-order chi connectivity index (χ0) is 21.5. The van der Waals surface area contributed by atoms with E-state index in [0.29, 0.717) is 5.56 Å². The zero-order valence-corrected chi connectivity index (χ0v) is 17.6. The second-order valence-electron chi connectivity index (χ2n) is 7.12. The molecule has 3 aromatic rings. The highest BCUT2D eigenvalue weighted by atomic mass is 35.5. The molecule has 0 aromatic heterocycles. The Morgan fingerprint density at radius 2 is 1.70 bits per heavy atom. The first-order valence-electron chi connectivity index (χ1n) is 9.15. The lowest BCUT2D eigenvalue weighted by atomic mass is 10.0. The third-order valence-corrected chi connectivity index (χ3v) is 6.48. The minimum absolute atomic E-state index is 0.0500. The molecule has 0 radical (unpaired) electrons. The van der Waals surface area contributed by atoms with Gasteiger partial charge in [-0.15, -0.1) is 0 Å². The van der Waals surface area contributed by atoms with Crippen LogP contribution in [0.15, 0.2) is 65.6 Å². The molecule has 0 heterocycles. The van der Waals surface area contributed by atoms with Crippen LogP contribution in [-0.2, 0) is 21.0 Å². The molecule has 0 bridgehead atoms. The largest absolute Gasteiger partial charge is 0.454 e. The van der Waals surface area contributed by atoms with Crippen LogP contribution >= 0.6 is 11.6 Å². The average molecular weight is 441 g/mol. The number of hydrogen-bond donors (Lipinski definition) is 0. The number of rotatable bonds is 5. The average Bonchev–Trinajstić information content (AvgIpc) is 3.09. The van der Waals surface area contributed by atoms with Crippen LogP contribution in [0.1, 0.15) is 31.8 Å². The van der Waals surface area contributed by atoms with Crippen LogP contribution in [-0.4, -0.2) is 33.0 Å². The van der Waals surface area contributed by atoms with Gasteiger partial charge in [-0.1, -0.05) is 48.0 Å². The third-order valence-electron chi connectivity index (χ3n) is 5.04. The monoisotopic (exact) mass is 440 g/mol. The summed E-state index contributed by atoms with van der Waals surface area (Å²) in [5, 5.41) is 0.0500. The van der Waals surface area contributed by atoms with Gasteiger partial charge < -0.3 is 4.74 Å². The van der Waals surface area contributed by atoms with Gasteiger partial charge in [0.2, 0.25) is 0 Å². The molecular weight excluding hydrogens is 424 g/mol. The van der Waals surface area contributed by atoms with E-state index in [1.54, 1.807) is 6.07 Å². The molecule has 7 heteroatoms. The van der Waals surface area contributed by atoms with Crippen LogP contribution in [0, 0.1) is 0 Å². The smallest absolute Gasteiger partial charge is 0.340 e. The number of hydrogen-bond acceptors (Lipinski definition) is 5. The summed E-state index contributed by atoms with van der Waals surface area (Å²) < 4.78 is 28.5. The van der Waals surface area contributed by atoms with E-state index in [-0.39, 0.29) is 21.3 Å². The minimum atomic E-state index is -3.51. The quantitative estimate of drug-likeness (QED) is 0.340. The Morgan fingerprint density at radius 1 is 0.967 bits per heavy atom. The summed E-state index contributed by atoms with van der Waals surface area (Å²) in [6.07, 6.45) is 1.85. The van der Waals surface area contributed by atoms with Gasteiger partial charge in [-0.2, -0.15) is 0 Å². The van der Waals surface area contributed by atoms with E-state index in [0.717, 1.165) is 35.4 Å². The fourth-order valence-electron chi connectivity index (χ4n) is 3.48. The molecule has 0 atom stereocenters. The Morgan fingerprint density at radius 3 is 2.47 bits per heavy atom. The topological polar surface area (TPSA) is 77.5 Å². The number of esters is 1. The Hall–Kier alpha value is -2.96. The Balaban J connectivity index is 1.51. The third kappa shape index (κ3) is 3.88. The molecule has 0 spiro atoms. The van der Waals surface area contributed by atoms with Gasteiger partial charge in [-0.05, 0) is 52.9 Å². The van der Waals surface area contributed by atoms with Gasteiger partial charge in [0.25, 0.3) is 0 Å². The van der Waals surface area contributed by atoms with E-state index in [9.17, 15) is 18.0 Å². The number of benzene rings is 3. The summed E-state index contributed by atoms with van der Waals surface area (Å²) in [6.45, 7) is -0.474. The Labute approximate surface area is 179 Å². The second-order valence-corrected chi connectivity index (χ2v) is 9.54. The molecule has 152 valence electrons. The van der Waals surface area contributed by atoms with Gasteiger partial charge in [0.15, 0.2) is 22.2 Å². The van der Waals surface area contributed by atoms with Gasteiger partial charge in [0, 0.05) is 11.8 Å². The molecule has 0 N–H and O–H groups in total. The van der Waals surface area contributed by atoms with Crippen molar-refractivity contribution < 1.29 is 22.7 Å². The number of ketones is 1. The first-order chi connectivity index (χ1) is 14.2. The molecular formula is C23H17ClO5S. The van der Waals surface area contributed by atoms with Crippen molar-refractivity contribution in [3.05, 3.63) is 87.9 Å². The fourth-order valence-corrected chi connectivity index (χ4v) is 4.32. The van der Waals surface area contributed by atoms with E-state index in [1.165, 1.54) is 17.7 Å². The van der Waals surface area contributed by atoms with Crippen molar-refractivity contribution in [1.29, 1.82) is 0 Å². The molecule has 0 fully saturated rings. The van der Waals surface area contributed by atoms with E-state index in [4.69, 9.17) is 16.3 Å². The maximum Gasteiger partial charge on any atom is 0.340 e. The van der Waals surface area contributed by atoms with E-state index < -0.39 is 22.4 Å². The lowest BCUT2D eigenvalue weighted by Gasteiger charge is -2.08. The highest BCUT2D eigenvalue weighted by molar-refractivity contribution is 7.90. The highest BCUT2D eigenvalue weighted by Crippen LogP contribution is 2.36. The van der Waals surface area contributed by atoms with Crippen molar-refractivity contribution in [2.75, 3.05) is 12.9 Å². The van der Waals surface area contributed by atoms with Crippen LogP contribution in [0.5, 0.6) is 0 Å². The lowest BCUT2D eigenvalue weighted by Crippen LogP contribution is -2.15. The van der Waals surface area contributed by atoms with Gasteiger partial charge in [0.05, 0.1) is 15.5 Å². The van der Waals surface area contributed by atoms with Gasteiger partial charge in [-0.25, -0.2) is 13.2 Å². The predicted octanol–water partition coefficient (Wildman–Crippen LogP) is 4.35. The molecule has 0 aliphatic heterocycles. The fraction of sp³-hybridized carbons (Fsp3) is 0.130. The molecule has 3 aromatic carbocycles. The number of ether oxygens (including phenoxy) is 1. The van der Waals surface area contributed by atoms with Crippen LogP contribution in [0.3, 0.4) is 0 Å². The summed E-state index contributed by atoms with van der Waals surface area (Å²) in [4.78, 5) is 24.9. The maximum atomic E-state index is 12.6. The van der Waals surface area contributed by atoms with Crippen molar-refractivity contribution in [1.82, 2.24) is 0 Å². The van der Waals surface area contributed by atoms with Crippen LogP contribution in [0.2, 0.25) is 5.02 Å². The van der Waals surface area contributed by atoms with Gasteiger partial charge in [-0.3, -0.25) is 4.79 Å². The first-order valence-corrected chi connectivity index (χ1v) is 11.4. The Bertz CT molecular complexity index is 1290. The second kappa shape index (κ2) is 7.70. The zero-order valence-electron chi connectivity index (χ0n) is 16.0. The van der Waals surface area contributed by atoms with Crippen LogP contribution < -0.4 is 0 Å². The summed E-state index contributed by atoms with van der Waals surface area (Å²) in [5.74, 6) is -1.21. The molecule has 0 unspecified atom stereocenters. The summed E-state index contributed by atoms with van der Waals surface area (Å²) in [6, 6.07) is 17.2. The molecule has 1 aliphatic rings. The number of carbonyl (C=O) groups excluding carboxylic acids is 2. The standard InChI is InChI=1S/C23H17ClO5S/c1-30(27,28)17-8-9-21(24)20(12-17)23(26)29-13-22(25)16-7-6-15-10-14-4-2-3-5-18(14)19(15)11-16/h2-9,11-12H,10,13H2,1H3. The van der Waals surface area contributed by atoms with Crippen molar-refractivity contribution in [3.8, 4) is 11.1 Å². The number of halogens is 1. The molecule has 0 saturated heterocycles. The van der Waals surface area contributed by atoms with Crippen molar-refractivity contribution in [3.63, 3.8) is 0 Å². The maximum absolute atomic E-state index is 12.6. The molecule has 4 rings (SSSR count). The summed E-state index contributed by atoms with van der Waals surface area (Å²) in [7, 11) is -3.51. The number of Topliss-reactive ketones (excluding diaryl/α,β-unsaturated/α-hetero) is 1. The number of fused-ring (bicyclic) bond motifs is 3. The van der Waals surface area contributed by atoms with Gasteiger partial charge in [0.1, 0.15) is 0 Å². The lowest BCUT2D eigenvalue weighted by molar-refractivity contribution is 0.0474. The molecule has 5 nitrogen and oxygen atoms in total. The van der Waals surface area contributed by atoms with E-state index in [1.807, 2.05) is 30.3 Å². The Kier molecular flexibility index (Phi) is 5.22. The SMILES string of the molecule is CS(=O)(=O)c1ccc(Cl)c(C(=O)OCC(=O)c2ccc3c(c2)-c2ccccc2C3)c1. The number of sulfone groups is 1. The van der Waals surface area contributed by atoms with Crippen molar-refractivity contribution in [2.24, 2.45) is 0 Å². The molecule has 0 saturated carbocycles. The first kappa shape index (κ1) is 20.3. The van der Waals surface area contributed by atoms with Crippen molar-refractivity contribution >= 4 is 33.2 Å². The molecule has 30 heavy (non-hydrogen) atoms. The van der Waals surface area contributed by atoms with E-state index >= 15 is 0 Å². The minimum Gasteiger partial charge on any atom is -0.454 e.